The molecule has 0 bridgehead atoms. The van der Waals surface area contributed by atoms with Gasteiger partial charge in [0, 0.05) is 14.1 Å². The van der Waals surface area contributed by atoms with Gasteiger partial charge in [0.2, 0.25) is 0 Å². The molecule has 0 radical (unpaired) electrons. The summed E-state index contributed by atoms with van der Waals surface area (Å²) in [7, 11) is 3.26. The summed E-state index contributed by atoms with van der Waals surface area (Å²) >= 11 is 0. The summed E-state index contributed by atoms with van der Waals surface area (Å²) in [5.41, 5.74) is 1.23. The zero-order valence-corrected chi connectivity index (χ0v) is 9.83. The maximum Gasteiger partial charge on any atom is 0.320 e. The zero-order chi connectivity index (χ0) is 12.3. The van der Waals surface area contributed by atoms with Crippen molar-refractivity contribution in [1.82, 2.24) is 15.1 Å². The molecule has 1 aromatic heterocycles. The van der Waals surface area contributed by atoms with E-state index < -0.39 is 0 Å². The molecule has 86 valence electrons. The Kier molecular flexibility index (Phi) is 3.51. The number of aryl methyl sites for hydroxylation is 1. The maximum atomic E-state index is 11.2. The van der Waals surface area contributed by atoms with Crippen molar-refractivity contribution in [2.24, 2.45) is 7.05 Å². The van der Waals surface area contributed by atoms with Gasteiger partial charge >= 0.3 is 6.03 Å². The number of nitrogens with zero attached hydrogens (tertiary/aromatic N) is 3. The van der Waals surface area contributed by atoms with Crippen LogP contribution in [0.15, 0.2) is 0 Å². The lowest BCUT2D eigenvalue weighted by atomic mass is 10.1. The summed E-state index contributed by atoms with van der Waals surface area (Å²) in [6, 6.07) is 1.69. The lowest BCUT2D eigenvalue weighted by Crippen LogP contribution is -2.25. The molecule has 0 saturated heterocycles. The molecule has 0 saturated carbocycles. The molecule has 0 aliphatic carbocycles. The van der Waals surface area contributed by atoms with Gasteiger partial charge in [0.05, 0.1) is 5.69 Å². The fourth-order valence-electron chi connectivity index (χ4n) is 1.57. The molecule has 0 unspecified atom stereocenters. The lowest BCUT2D eigenvalue weighted by molar-refractivity contribution is 0.254. The first-order valence-electron chi connectivity index (χ1n) is 4.97. The third kappa shape index (κ3) is 2.14. The van der Waals surface area contributed by atoms with Crippen LogP contribution in [-0.2, 0) is 7.05 Å². The molecule has 2 N–H and O–H groups in total. The van der Waals surface area contributed by atoms with Crippen molar-refractivity contribution in [3.63, 3.8) is 0 Å². The van der Waals surface area contributed by atoms with E-state index in [9.17, 15) is 4.79 Å². The molecule has 6 nitrogen and oxygen atoms in total. The second-order valence-corrected chi connectivity index (χ2v) is 3.70. The predicted octanol–water partition coefficient (Wildman–Crippen LogP) is 1.17. The molecule has 2 amide bonds. The molecule has 0 aromatic carbocycles. The minimum Gasteiger partial charge on any atom is -0.341 e. The summed E-state index contributed by atoms with van der Waals surface area (Å²) < 4.78 is 1.62. The van der Waals surface area contributed by atoms with E-state index in [4.69, 9.17) is 5.26 Å². The third-order valence-electron chi connectivity index (χ3n) is 2.21. The van der Waals surface area contributed by atoms with Crippen LogP contribution < -0.4 is 10.6 Å². The molecule has 0 aliphatic heterocycles. The molecule has 0 atom stereocenters. The van der Waals surface area contributed by atoms with E-state index in [0.29, 0.717) is 11.4 Å². The van der Waals surface area contributed by atoms with Gasteiger partial charge in [-0.3, -0.25) is 10.00 Å². The molecule has 16 heavy (non-hydrogen) atoms. The number of nitrogens with one attached hydrogen (secondary N) is 2. The minimum atomic E-state index is -0.384. The average Bonchev–Trinajstić information content (AvgIpc) is 2.53. The van der Waals surface area contributed by atoms with Crippen LogP contribution in [0.3, 0.4) is 0 Å². The molecular formula is C10H15N5O. The van der Waals surface area contributed by atoms with E-state index >= 15 is 0 Å². The number of amides is 2. The normalized spacial score (nSPS) is 10.0. The predicted molar refractivity (Wildman–Crippen MR) is 60.1 cm³/mol. The summed E-state index contributed by atoms with van der Waals surface area (Å²) in [6.45, 7) is 3.95. The largest absolute Gasteiger partial charge is 0.341 e. The van der Waals surface area contributed by atoms with Crippen LogP contribution in [0, 0.1) is 11.3 Å². The molecule has 6 heteroatoms. The van der Waals surface area contributed by atoms with E-state index in [1.807, 2.05) is 13.8 Å². The van der Waals surface area contributed by atoms with Crippen LogP contribution in [-0.4, -0.2) is 22.9 Å². The molecule has 0 fully saturated rings. The van der Waals surface area contributed by atoms with E-state index in [1.165, 1.54) is 7.05 Å². The van der Waals surface area contributed by atoms with Crippen molar-refractivity contribution < 1.29 is 4.79 Å². The number of hydrogen-bond acceptors (Lipinski definition) is 3. The van der Waals surface area contributed by atoms with Crippen LogP contribution in [0.1, 0.15) is 31.0 Å². The minimum absolute atomic E-state index is 0.174. The Morgan fingerprint density at radius 2 is 2.19 bits per heavy atom. The number of carbonyl (C=O) groups excluding carboxylic acids is 1. The van der Waals surface area contributed by atoms with Gasteiger partial charge in [-0.1, -0.05) is 13.8 Å². The molecular weight excluding hydrogens is 206 g/mol. The fraction of sp³-hybridized carbons (Fsp3) is 0.500. The van der Waals surface area contributed by atoms with Gasteiger partial charge in [-0.05, 0) is 5.92 Å². The van der Waals surface area contributed by atoms with Gasteiger partial charge in [0.15, 0.2) is 5.82 Å². The van der Waals surface area contributed by atoms with Crippen molar-refractivity contribution in [2.45, 2.75) is 19.8 Å². The van der Waals surface area contributed by atoms with Crippen molar-refractivity contribution in [2.75, 3.05) is 12.4 Å². The molecule has 1 aromatic rings. The van der Waals surface area contributed by atoms with E-state index in [2.05, 4.69) is 21.8 Å². The highest BCUT2D eigenvalue weighted by Crippen LogP contribution is 2.24. The second-order valence-electron chi connectivity index (χ2n) is 3.70. The topological polar surface area (TPSA) is 82.7 Å². The van der Waals surface area contributed by atoms with Crippen LogP contribution in [0.5, 0.6) is 0 Å². The van der Waals surface area contributed by atoms with Gasteiger partial charge < -0.3 is 5.32 Å². The quantitative estimate of drug-likeness (QED) is 0.786. The number of aromatic nitrogens is 2. The van der Waals surface area contributed by atoms with Crippen molar-refractivity contribution >= 4 is 11.8 Å². The third-order valence-corrected chi connectivity index (χ3v) is 2.21. The van der Waals surface area contributed by atoms with Crippen LogP contribution >= 0.6 is 0 Å². The standard InChI is InChI=1S/C10H15N5O/c1-6(2)8-7(5-11)9(14-15(8)4)13-10(16)12-3/h6H,1-4H3,(H2,12,13,14,16). The highest BCUT2D eigenvalue weighted by molar-refractivity contribution is 5.89. The SMILES string of the molecule is CNC(=O)Nc1nn(C)c(C(C)C)c1C#N. The number of anilines is 1. The number of rotatable bonds is 2. The Morgan fingerprint density at radius 3 is 2.62 bits per heavy atom. The highest BCUT2D eigenvalue weighted by Gasteiger charge is 2.19. The average molecular weight is 221 g/mol. The monoisotopic (exact) mass is 221 g/mol. The Labute approximate surface area is 94.2 Å². The van der Waals surface area contributed by atoms with Crippen molar-refractivity contribution in [3.8, 4) is 6.07 Å². The zero-order valence-electron chi connectivity index (χ0n) is 9.83. The van der Waals surface area contributed by atoms with E-state index in [-0.39, 0.29) is 11.9 Å². The van der Waals surface area contributed by atoms with Crippen molar-refractivity contribution in [1.29, 1.82) is 5.26 Å². The summed E-state index contributed by atoms with van der Waals surface area (Å²) in [4.78, 5) is 11.2. The fourth-order valence-corrected chi connectivity index (χ4v) is 1.57. The van der Waals surface area contributed by atoms with Gasteiger partial charge in [0.1, 0.15) is 11.6 Å². The first-order valence-corrected chi connectivity index (χ1v) is 4.97. The first-order chi connectivity index (χ1) is 7.51. The number of carbonyl (C=O) groups is 1. The molecule has 1 rings (SSSR count). The Balaban J connectivity index is 3.17. The number of nitriles is 1. The summed E-state index contributed by atoms with van der Waals surface area (Å²) in [5.74, 6) is 0.473. The molecule has 0 aliphatic rings. The molecule has 1 heterocycles. The summed E-state index contributed by atoms with van der Waals surface area (Å²) in [5, 5.41) is 18.1. The number of urea groups is 1. The van der Waals surface area contributed by atoms with Crippen molar-refractivity contribution in [3.05, 3.63) is 11.3 Å². The van der Waals surface area contributed by atoms with Crippen LogP contribution in [0.4, 0.5) is 10.6 Å². The number of hydrogen-bond donors (Lipinski definition) is 2. The van der Waals surface area contributed by atoms with Gasteiger partial charge in [-0.15, -0.1) is 0 Å². The van der Waals surface area contributed by atoms with Crippen LogP contribution in [0.25, 0.3) is 0 Å². The Morgan fingerprint density at radius 1 is 1.56 bits per heavy atom. The lowest BCUT2D eigenvalue weighted by Gasteiger charge is -2.04. The first kappa shape index (κ1) is 12.0. The van der Waals surface area contributed by atoms with E-state index in [1.54, 1.807) is 11.7 Å². The smallest absolute Gasteiger partial charge is 0.320 e. The van der Waals surface area contributed by atoms with Gasteiger partial charge in [0.25, 0.3) is 0 Å². The Hall–Kier alpha value is -2.03. The second kappa shape index (κ2) is 4.66. The molecule has 0 spiro atoms. The van der Waals surface area contributed by atoms with E-state index in [0.717, 1.165) is 5.69 Å². The van der Waals surface area contributed by atoms with Gasteiger partial charge in [-0.25, -0.2) is 4.79 Å². The van der Waals surface area contributed by atoms with Crippen LogP contribution in [0.2, 0.25) is 0 Å². The summed E-state index contributed by atoms with van der Waals surface area (Å²) in [6.07, 6.45) is 0. The maximum absolute atomic E-state index is 11.2. The Bertz CT molecular complexity index is 441. The van der Waals surface area contributed by atoms with Gasteiger partial charge in [-0.2, -0.15) is 10.4 Å². The highest BCUT2D eigenvalue weighted by atomic mass is 16.2.